The molecule has 1 unspecified atom stereocenters. The van der Waals surface area contributed by atoms with Crippen LogP contribution < -0.4 is 10.6 Å². The van der Waals surface area contributed by atoms with E-state index in [1.807, 2.05) is 25.7 Å². The lowest BCUT2D eigenvalue weighted by molar-refractivity contribution is -0.117. The van der Waals surface area contributed by atoms with Gasteiger partial charge in [-0.05, 0) is 58.4 Å². The molecule has 0 aliphatic carbocycles. The van der Waals surface area contributed by atoms with Crippen molar-refractivity contribution in [3.05, 3.63) is 30.1 Å². The summed E-state index contributed by atoms with van der Waals surface area (Å²) in [7, 11) is 0. The number of piperidine rings is 1. The van der Waals surface area contributed by atoms with Crippen LogP contribution in [0.2, 0.25) is 0 Å². The molecule has 7 heteroatoms. The van der Waals surface area contributed by atoms with Crippen molar-refractivity contribution in [2.75, 3.05) is 25.0 Å². The minimum atomic E-state index is -0.538. The number of rotatable bonds is 4. The number of carbonyl (C=O) groups is 2. The zero-order chi connectivity index (χ0) is 18.4. The molecule has 2 N–H and O–H groups in total. The standard InChI is InChI=1S/C18H26FN3O3/c1-18(2,3)25-17(24)21-15-8-5-9-22(11-15)12-16(23)20-14-7-4-6-13(19)10-14/h4,6-7,10,15H,5,8-9,11-12H2,1-3H3,(H,20,23)(H,21,24). The number of nitrogens with zero attached hydrogens (tertiary/aromatic N) is 1. The molecular weight excluding hydrogens is 325 g/mol. The fourth-order valence-corrected chi connectivity index (χ4v) is 2.76. The number of amides is 2. The van der Waals surface area contributed by atoms with E-state index in [2.05, 4.69) is 10.6 Å². The van der Waals surface area contributed by atoms with Gasteiger partial charge >= 0.3 is 6.09 Å². The van der Waals surface area contributed by atoms with Gasteiger partial charge in [-0.1, -0.05) is 6.07 Å². The zero-order valence-corrected chi connectivity index (χ0v) is 15.0. The Morgan fingerprint density at radius 1 is 1.36 bits per heavy atom. The van der Waals surface area contributed by atoms with Crippen LogP contribution in [0.25, 0.3) is 0 Å². The van der Waals surface area contributed by atoms with Crippen LogP contribution in [0.15, 0.2) is 24.3 Å². The average Bonchev–Trinajstić information content (AvgIpc) is 2.45. The monoisotopic (exact) mass is 351 g/mol. The van der Waals surface area contributed by atoms with E-state index in [1.165, 1.54) is 12.1 Å². The summed E-state index contributed by atoms with van der Waals surface area (Å²) in [6, 6.07) is 5.75. The number of ether oxygens (including phenoxy) is 1. The summed E-state index contributed by atoms with van der Waals surface area (Å²) in [6.07, 6.45) is 1.29. The van der Waals surface area contributed by atoms with Crippen LogP contribution in [0.5, 0.6) is 0 Å². The Morgan fingerprint density at radius 2 is 2.12 bits per heavy atom. The quantitative estimate of drug-likeness (QED) is 0.875. The van der Waals surface area contributed by atoms with Crippen LogP contribution in [0.3, 0.4) is 0 Å². The molecule has 1 aliphatic heterocycles. The molecule has 25 heavy (non-hydrogen) atoms. The van der Waals surface area contributed by atoms with Gasteiger partial charge in [0.05, 0.1) is 6.54 Å². The van der Waals surface area contributed by atoms with Crippen LogP contribution in [-0.4, -0.2) is 48.2 Å². The minimum Gasteiger partial charge on any atom is -0.444 e. The number of likely N-dealkylation sites (tertiary alicyclic amines) is 1. The van der Waals surface area contributed by atoms with Gasteiger partial charge in [0.1, 0.15) is 11.4 Å². The average molecular weight is 351 g/mol. The largest absolute Gasteiger partial charge is 0.444 e. The van der Waals surface area contributed by atoms with Gasteiger partial charge in [0.15, 0.2) is 0 Å². The fraction of sp³-hybridized carbons (Fsp3) is 0.556. The number of hydrogen-bond acceptors (Lipinski definition) is 4. The Morgan fingerprint density at radius 3 is 2.80 bits per heavy atom. The van der Waals surface area contributed by atoms with Gasteiger partial charge in [-0.3, -0.25) is 9.69 Å². The van der Waals surface area contributed by atoms with Gasteiger partial charge in [-0.2, -0.15) is 0 Å². The number of carbonyl (C=O) groups excluding carboxylic acids is 2. The number of nitrogens with one attached hydrogen (secondary N) is 2. The van der Waals surface area contributed by atoms with E-state index in [4.69, 9.17) is 4.74 Å². The summed E-state index contributed by atoms with van der Waals surface area (Å²) in [5, 5.41) is 5.54. The van der Waals surface area contributed by atoms with E-state index in [1.54, 1.807) is 12.1 Å². The predicted octanol–water partition coefficient (Wildman–Crippen LogP) is 2.75. The first-order valence-corrected chi connectivity index (χ1v) is 8.48. The third kappa shape index (κ3) is 7.09. The van der Waals surface area contributed by atoms with Gasteiger partial charge in [-0.15, -0.1) is 0 Å². The molecule has 0 aromatic heterocycles. The second-order valence-electron chi connectivity index (χ2n) is 7.28. The van der Waals surface area contributed by atoms with E-state index in [-0.39, 0.29) is 18.5 Å². The summed E-state index contributed by atoms with van der Waals surface area (Å²) >= 11 is 0. The molecule has 1 aromatic rings. The topological polar surface area (TPSA) is 70.7 Å². The molecule has 0 bridgehead atoms. The van der Waals surface area contributed by atoms with Crippen LogP contribution in [-0.2, 0) is 9.53 Å². The summed E-state index contributed by atoms with van der Waals surface area (Å²) in [5.74, 6) is -0.596. The molecule has 1 aromatic carbocycles. The van der Waals surface area contributed by atoms with E-state index in [9.17, 15) is 14.0 Å². The Labute approximate surface area is 147 Å². The molecule has 1 aliphatic rings. The highest BCUT2D eigenvalue weighted by Gasteiger charge is 2.25. The van der Waals surface area contributed by atoms with Crippen LogP contribution >= 0.6 is 0 Å². The van der Waals surface area contributed by atoms with E-state index < -0.39 is 17.5 Å². The number of hydrogen-bond donors (Lipinski definition) is 2. The van der Waals surface area contributed by atoms with Gasteiger partial charge in [-0.25, -0.2) is 9.18 Å². The lowest BCUT2D eigenvalue weighted by Gasteiger charge is -2.33. The maximum Gasteiger partial charge on any atom is 0.407 e. The minimum absolute atomic E-state index is 0.0504. The zero-order valence-electron chi connectivity index (χ0n) is 15.0. The van der Waals surface area contributed by atoms with Crippen molar-refractivity contribution >= 4 is 17.7 Å². The molecule has 1 heterocycles. The normalized spacial score (nSPS) is 18.5. The van der Waals surface area contributed by atoms with Gasteiger partial charge in [0, 0.05) is 18.3 Å². The summed E-state index contributed by atoms with van der Waals surface area (Å²) < 4.78 is 18.4. The molecular formula is C18H26FN3O3. The number of benzene rings is 1. The number of alkyl carbamates (subject to hydrolysis) is 1. The smallest absolute Gasteiger partial charge is 0.407 e. The Kier molecular flexibility index (Phi) is 6.36. The first-order valence-electron chi connectivity index (χ1n) is 8.48. The molecule has 2 rings (SSSR count). The van der Waals surface area contributed by atoms with Crippen molar-refractivity contribution in [2.45, 2.75) is 45.3 Å². The van der Waals surface area contributed by atoms with Gasteiger partial charge < -0.3 is 15.4 Å². The van der Waals surface area contributed by atoms with Gasteiger partial charge in [0.2, 0.25) is 5.91 Å². The molecule has 0 saturated carbocycles. The summed E-state index contributed by atoms with van der Waals surface area (Å²) in [4.78, 5) is 26.0. The van der Waals surface area contributed by atoms with Crippen LogP contribution in [0.4, 0.5) is 14.9 Å². The van der Waals surface area contributed by atoms with Crippen molar-refractivity contribution in [3.63, 3.8) is 0 Å². The van der Waals surface area contributed by atoms with Crippen molar-refractivity contribution < 1.29 is 18.7 Å². The van der Waals surface area contributed by atoms with Gasteiger partial charge in [0.25, 0.3) is 0 Å². The third-order valence-electron chi connectivity index (χ3n) is 3.70. The molecule has 1 atom stereocenters. The molecule has 0 radical (unpaired) electrons. The Bertz CT molecular complexity index is 616. The predicted molar refractivity (Wildman–Crippen MR) is 93.9 cm³/mol. The Hall–Kier alpha value is -2.15. The second kappa shape index (κ2) is 8.29. The SMILES string of the molecule is CC(C)(C)OC(=O)NC1CCCN(CC(=O)Nc2cccc(F)c2)C1. The van der Waals surface area contributed by atoms with E-state index >= 15 is 0 Å². The van der Waals surface area contributed by atoms with Crippen molar-refractivity contribution in [1.82, 2.24) is 10.2 Å². The fourth-order valence-electron chi connectivity index (χ4n) is 2.76. The van der Waals surface area contributed by atoms with E-state index in [0.717, 1.165) is 19.4 Å². The van der Waals surface area contributed by atoms with Crippen LogP contribution in [0.1, 0.15) is 33.6 Å². The molecule has 6 nitrogen and oxygen atoms in total. The van der Waals surface area contributed by atoms with Crippen molar-refractivity contribution in [1.29, 1.82) is 0 Å². The first-order chi connectivity index (χ1) is 11.7. The highest BCUT2D eigenvalue weighted by atomic mass is 19.1. The van der Waals surface area contributed by atoms with E-state index in [0.29, 0.717) is 12.2 Å². The first kappa shape index (κ1) is 19.2. The maximum atomic E-state index is 13.2. The highest BCUT2D eigenvalue weighted by molar-refractivity contribution is 5.92. The van der Waals surface area contributed by atoms with Crippen molar-refractivity contribution in [2.24, 2.45) is 0 Å². The van der Waals surface area contributed by atoms with Crippen LogP contribution in [0, 0.1) is 5.82 Å². The molecule has 138 valence electrons. The number of anilines is 1. The Balaban J connectivity index is 1.80. The molecule has 1 fully saturated rings. The van der Waals surface area contributed by atoms with Crippen molar-refractivity contribution in [3.8, 4) is 0 Å². The third-order valence-corrected chi connectivity index (χ3v) is 3.70. The summed E-state index contributed by atoms with van der Waals surface area (Å²) in [6.45, 7) is 7.01. The highest BCUT2D eigenvalue weighted by Crippen LogP contribution is 2.13. The molecule has 2 amide bonds. The molecule has 0 spiro atoms. The molecule has 1 saturated heterocycles. The lowest BCUT2D eigenvalue weighted by Crippen LogP contribution is -2.50. The summed E-state index contributed by atoms with van der Waals surface area (Å²) in [5.41, 5.74) is -0.103. The maximum absolute atomic E-state index is 13.2. The second-order valence-corrected chi connectivity index (χ2v) is 7.28. The lowest BCUT2D eigenvalue weighted by atomic mass is 10.1. The number of halogens is 1.